The normalized spacial score (nSPS) is 20.2. The van der Waals surface area contributed by atoms with Crippen molar-refractivity contribution in [2.24, 2.45) is 7.05 Å². The number of hydrogen-bond donors (Lipinski definition) is 3. The molecule has 1 aliphatic rings. The average Bonchev–Trinajstić information content (AvgIpc) is 3.09. The van der Waals surface area contributed by atoms with Crippen LogP contribution in [0.2, 0.25) is 0 Å². The first kappa shape index (κ1) is 24.7. The number of halogens is 3. The van der Waals surface area contributed by atoms with Gasteiger partial charge in [0.25, 0.3) is 5.91 Å². The number of benzene rings is 2. The van der Waals surface area contributed by atoms with Crippen molar-refractivity contribution in [3.8, 4) is 0 Å². The maximum Gasteiger partial charge on any atom is 0.272 e. The highest BCUT2D eigenvalue weighted by Gasteiger charge is 2.30. The number of hydrogen-bond acceptors (Lipinski definition) is 4. The van der Waals surface area contributed by atoms with Crippen LogP contribution >= 0.6 is 0 Å². The van der Waals surface area contributed by atoms with Crippen LogP contribution in [0.3, 0.4) is 0 Å². The Bertz CT molecular complexity index is 1380. The summed E-state index contributed by atoms with van der Waals surface area (Å²) in [6, 6.07) is 10.2. The predicted octanol–water partition coefficient (Wildman–Crippen LogP) is 4.61. The van der Waals surface area contributed by atoms with Gasteiger partial charge in [-0.1, -0.05) is 42.5 Å². The number of rotatable bonds is 6. The SMILES string of the molecule is CC(OCc1ccccc1)[C@H]1C=Cc2c(cn(C)c2C(=O)Nc2cc(F)c(F)c(F)c2)S(=N)(=O)N1. The summed E-state index contributed by atoms with van der Waals surface area (Å²) in [6.45, 7) is 2.10. The zero-order valence-corrected chi connectivity index (χ0v) is 19.7. The first-order valence-electron chi connectivity index (χ1n) is 10.6. The summed E-state index contributed by atoms with van der Waals surface area (Å²) in [5, 5.41) is 2.32. The summed E-state index contributed by atoms with van der Waals surface area (Å²) in [5.41, 5.74) is 0.907. The highest BCUT2D eigenvalue weighted by molar-refractivity contribution is 7.90. The van der Waals surface area contributed by atoms with Crippen LogP contribution in [0.4, 0.5) is 18.9 Å². The molecule has 7 nitrogen and oxygen atoms in total. The number of carbonyl (C=O) groups is 1. The van der Waals surface area contributed by atoms with Crippen molar-refractivity contribution in [3.05, 3.63) is 89.0 Å². The van der Waals surface area contributed by atoms with Gasteiger partial charge in [0.15, 0.2) is 17.5 Å². The van der Waals surface area contributed by atoms with Gasteiger partial charge in [0.05, 0.1) is 23.6 Å². The number of anilines is 1. The molecule has 0 fully saturated rings. The van der Waals surface area contributed by atoms with Crippen LogP contribution in [-0.2, 0) is 28.3 Å². The minimum atomic E-state index is -3.55. The molecule has 2 heterocycles. The third-order valence-corrected chi connectivity index (χ3v) is 7.13. The first-order chi connectivity index (χ1) is 16.6. The van der Waals surface area contributed by atoms with E-state index in [0.717, 1.165) is 5.56 Å². The molecule has 1 aliphatic heterocycles. The topological polar surface area (TPSA) is 96.2 Å². The number of fused-ring (bicyclic) bond motifs is 1. The molecular weight excluding hydrogens is 481 g/mol. The molecule has 184 valence electrons. The number of ether oxygens (including phenoxy) is 1. The summed E-state index contributed by atoms with van der Waals surface area (Å²) in [6.07, 6.45) is 4.15. The van der Waals surface area contributed by atoms with E-state index >= 15 is 0 Å². The summed E-state index contributed by atoms with van der Waals surface area (Å²) < 4.78 is 72.2. The van der Waals surface area contributed by atoms with E-state index in [2.05, 4.69) is 10.0 Å². The lowest BCUT2D eigenvalue weighted by atomic mass is 10.1. The van der Waals surface area contributed by atoms with Gasteiger partial charge < -0.3 is 14.6 Å². The Hall–Kier alpha value is -3.41. The number of nitrogens with zero attached hydrogens (tertiary/aromatic N) is 1. The third kappa shape index (κ3) is 5.16. The lowest BCUT2D eigenvalue weighted by Gasteiger charge is -2.22. The summed E-state index contributed by atoms with van der Waals surface area (Å²) in [4.78, 5) is 13.0. The van der Waals surface area contributed by atoms with Gasteiger partial charge in [-0.3, -0.25) is 4.79 Å². The molecule has 11 heteroatoms. The third-order valence-electron chi connectivity index (χ3n) is 5.58. The van der Waals surface area contributed by atoms with E-state index in [4.69, 9.17) is 9.52 Å². The quantitative estimate of drug-likeness (QED) is 0.428. The minimum absolute atomic E-state index is 0.0154. The maximum absolute atomic E-state index is 13.6. The first-order valence-corrected chi connectivity index (χ1v) is 12.2. The molecule has 0 radical (unpaired) electrons. The van der Waals surface area contributed by atoms with Crippen molar-refractivity contribution in [2.75, 3.05) is 5.32 Å². The lowest BCUT2D eigenvalue weighted by molar-refractivity contribution is 0.0425. The largest absolute Gasteiger partial charge is 0.372 e. The van der Waals surface area contributed by atoms with Gasteiger partial charge in [-0.05, 0) is 12.5 Å². The van der Waals surface area contributed by atoms with Gasteiger partial charge in [-0.25, -0.2) is 26.9 Å². The van der Waals surface area contributed by atoms with E-state index in [0.29, 0.717) is 18.7 Å². The summed E-state index contributed by atoms with van der Waals surface area (Å²) >= 11 is 0. The van der Waals surface area contributed by atoms with Crippen molar-refractivity contribution in [1.82, 2.24) is 9.29 Å². The molecule has 3 N–H and O–H groups in total. The summed E-state index contributed by atoms with van der Waals surface area (Å²) in [5.74, 6) is -5.31. The fourth-order valence-electron chi connectivity index (χ4n) is 3.76. The Morgan fingerprint density at radius 1 is 1.23 bits per heavy atom. The van der Waals surface area contributed by atoms with Crippen molar-refractivity contribution < 1.29 is 26.9 Å². The second-order valence-corrected chi connectivity index (χ2v) is 9.92. The Morgan fingerprint density at radius 2 is 1.89 bits per heavy atom. The molecule has 0 saturated carbocycles. The van der Waals surface area contributed by atoms with Gasteiger partial charge in [0.2, 0.25) is 0 Å². The van der Waals surface area contributed by atoms with Crippen LogP contribution in [0.5, 0.6) is 0 Å². The van der Waals surface area contributed by atoms with E-state index in [1.54, 1.807) is 19.1 Å². The fourth-order valence-corrected chi connectivity index (χ4v) is 5.32. The van der Waals surface area contributed by atoms with Gasteiger partial charge in [0.1, 0.15) is 15.6 Å². The molecular formula is C24H23F3N4O3S. The summed E-state index contributed by atoms with van der Waals surface area (Å²) in [7, 11) is -2.03. The van der Waals surface area contributed by atoms with Crippen LogP contribution in [0, 0.1) is 22.2 Å². The number of aromatic nitrogens is 1. The second-order valence-electron chi connectivity index (χ2n) is 8.14. The molecule has 0 spiro atoms. The maximum atomic E-state index is 13.6. The highest BCUT2D eigenvalue weighted by Crippen LogP contribution is 2.29. The molecule has 3 aromatic rings. The number of carbonyl (C=O) groups excluding carboxylic acids is 1. The van der Waals surface area contributed by atoms with E-state index < -0.39 is 45.4 Å². The average molecular weight is 505 g/mol. The Morgan fingerprint density at radius 3 is 2.54 bits per heavy atom. The zero-order valence-electron chi connectivity index (χ0n) is 18.8. The van der Waals surface area contributed by atoms with E-state index in [9.17, 15) is 22.2 Å². The van der Waals surface area contributed by atoms with Crippen LogP contribution in [0.25, 0.3) is 6.08 Å². The Balaban J connectivity index is 1.60. The monoisotopic (exact) mass is 504 g/mol. The van der Waals surface area contributed by atoms with Crippen molar-refractivity contribution in [1.29, 1.82) is 4.78 Å². The Kier molecular flexibility index (Phi) is 6.84. The van der Waals surface area contributed by atoms with Crippen LogP contribution in [-0.4, -0.2) is 26.8 Å². The second kappa shape index (κ2) is 9.68. The van der Waals surface area contributed by atoms with Gasteiger partial charge in [-0.15, -0.1) is 0 Å². The van der Waals surface area contributed by atoms with Gasteiger partial charge in [-0.2, -0.15) is 0 Å². The van der Waals surface area contributed by atoms with Crippen molar-refractivity contribution in [2.45, 2.75) is 30.6 Å². The van der Waals surface area contributed by atoms with Gasteiger partial charge in [0, 0.05) is 36.6 Å². The molecule has 2 aromatic carbocycles. The number of aryl methyl sites for hydroxylation is 1. The number of nitrogens with one attached hydrogen (secondary N) is 3. The molecule has 0 aliphatic carbocycles. The Labute approximate surface area is 200 Å². The predicted molar refractivity (Wildman–Crippen MR) is 125 cm³/mol. The van der Waals surface area contributed by atoms with Crippen molar-refractivity contribution in [3.63, 3.8) is 0 Å². The lowest BCUT2D eigenvalue weighted by Crippen LogP contribution is -2.40. The van der Waals surface area contributed by atoms with Gasteiger partial charge >= 0.3 is 0 Å². The molecule has 3 atom stereocenters. The molecule has 1 amide bonds. The van der Waals surface area contributed by atoms with Crippen LogP contribution in [0.1, 0.15) is 28.5 Å². The van der Waals surface area contributed by atoms with Crippen molar-refractivity contribution >= 4 is 27.6 Å². The molecule has 0 bridgehead atoms. The zero-order chi connectivity index (χ0) is 25.3. The fraction of sp³-hybridized carbons (Fsp3) is 0.208. The molecule has 2 unspecified atom stereocenters. The molecule has 35 heavy (non-hydrogen) atoms. The van der Waals surface area contributed by atoms with E-state index in [1.165, 1.54) is 17.8 Å². The molecule has 0 saturated heterocycles. The number of amides is 1. The molecule has 4 rings (SSSR count). The minimum Gasteiger partial charge on any atom is -0.372 e. The molecule has 1 aromatic heterocycles. The smallest absolute Gasteiger partial charge is 0.272 e. The van der Waals surface area contributed by atoms with E-state index in [1.807, 2.05) is 30.3 Å². The van der Waals surface area contributed by atoms with Crippen LogP contribution < -0.4 is 10.0 Å². The highest BCUT2D eigenvalue weighted by atomic mass is 32.2. The van der Waals surface area contributed by atoms with Crippen LogP contribution in [0.15, 0.2) is 59.6 Å². The standard InChI is InChI=1S/C24H23F3N4O3S/c1-14(34-13-15-6-4-3-5-7-15)20-9-8-17-21(35(28,33)30-20)12-31(2)23(17)24(32)29-16-10-18(25)22(27)19(26)11-16/h3-12,14,20H,13H2,1-2H3,(H,29,32)(H2,28,30,33)/t14?,20-,35?/m1/s1. The van der Waals surface area contributed by atoms with E-state index in [-0.39, 0.29) is 21.8 Å².